The molecule has 1 amide bonds. The number of H-pyrrole nitrogens is 1. The third kappa shape index (κ3) is 3.48. The highest BCUT2D eigenvalue weighted by Crippen LogP contribution is 2.46. The molecule has 2 aliphatic heterocycles. The van der Waals surface area contributed by atoms with Crippen LogP contribution in [0.4, 0.5) is 4.39 Å². The lowest BCUT2D eigenvalue weighted by molar-refractivity contribution is -0.136. The maximum Gasteiger partial charge on any atom is 0.240 e. The first kappa shape index (κ1) is 21.0. The molecule has 5 nitrogen and oxygen atoms in total. The molecule has 3 aliphatic rings. The first-order valence-electron chi connectivity index (χ1n) is 11.8. The number of halogens is 1. The number of carbonyl (C=O) groups is 1. The summed E-state index contributed by atoms with van der Waals surface area (Å²) >= 11 is 0. The van der Waals surface area contributed by atoms with Crippen molar-refractivity contribution in [3.05, 3.63) is 35.8 Å². The Hall–Kier alpha value is -1.92. The van der Waals surface area contributed by atoms with Gasteiger partial charge in [0, 0.05) is 48.2 Å². The minimum Gasteiger partial charge on any atom is -0.361 e. The maximum atomic E-state index is 13.8. The number of nitrogens with one attached hydrogen (secondary N) is 1. The predicted octanol–water partition coefficient (Wildman–Crippen LogP) is 3.99. The second kappa shape index (κ2) is 7.59. The lowest BCUT2D eigenvalue weighted by Crippen LogP contribution is -2.53. The Morgan fingerprint density at radius 2 is 1.97 bits per heavy atom. The standard InChI is InChI=1S/C25H35FN4O/c1-25(2,3)23(27)24(31)29-11-10-21-22(29)19(14-30(21)16-6-4-5-7-16)18-13-28-20-12-15(26)8-9-17(18)20/h8-9,12-13,16,19,21-23,28H,4-7,10-11,14,27H2,1-3H3/t19-,21+,22+,23+/m0/s1. The number of amides is 1. The third-order valence-corrected chi connectivity index (χ3v) is 8.02. The summed E-state index contributed by atoms with van der Waals surface area (Å²) < 4.78 is 13.8. The second-order valence-corrected chi connectivity index (χ2v) is 10.9. The van der Waals surface area contributed by atoms with Crippen LogP contribution in [-0.4, -0.2) is 57.9 Å². The van der Waals surface area contributed by atoms with E-state index in [9.17, 15) is 9.18 Å². The van der Waals surface area contributed by atoms with Crippen molar-refractivity contribution >= 4 is 16.8 Å². The molecule has 168 valence electrons. The van der Waals surface area contributed by atoms with E-state index in [0.29, 0.717) is 12.1 Å². The summed E-state index contributed by atoms with van der Waals surface area (Å²) in [6.45, 7) is 7.84. The van der Waals surface area contributed by atoms with Crippen molar-refractivity contribution in [2.24, 2.45) is 11.1 Å². The lowest BCUT2D eigenvalue weighted by atomic mass is 9.85. The minimum absolute atomic E-state index is 0.0733. The first-order chi connectivity index (χ1) is 14.8. The van der Waals surface area contributed by atoms with Gasteiger partial charge in [-0.2, -0.15) is 0 Å². The molecule has 0 bridgehead atoms. The quantitative estimate of drug-likeness (QED) is 0.780. The Balaban J connectivity index is 1.53. The fourth-order valence-electron chi connectivity index (χ4n) is 6.29. The summed E-state index contributed by atoms with van der Waals surface area (Å²) in [5, 5.41) is 1.07. The van der Waals surface area contributed by atoms with Crippen LogP contribution in [0.2, 0.25) is 0 Å². The van der Waals surface area contributed by atoms with Crippen LogP contribution in [0.3, 0.4) is 0 Å². The van der Waals surface area contributed by atoms with Gasteiger partial charge < -0.3 is 15.6 Å². The Bertz CT molecular complexity index is 974. The van der Waals surface area contributed by atoms with Gasteiger partial charge in [-0.05, 0) is 48.4 Å². The van der Waals surface area contributed by atoms with Crippen molar-refractivity contribution in [2.45, 2.75) is 83.0 Å². The van der Waals surface area contributed by atoms with Crippen LogP contribution in [0.25, 0.3) is 10.9 Å². The van der Waals surface area contributed by atoms with Gasteiger partial charge in [-0.15, -0.1) is 0 Å². The van der Waals surface area contributed by atoms with Gasteiger partial charge in [-0.1, -0.05) is 33.6 Å². The van der Waals surface area contributed by atoms with Gasteiger partial charge in [0.25, 0.3) is 0 Å². The van der Waals surface area contributed by atoms with Crippen LogP contribution < -0.4 is 5.73 Å². The number of hydrogen-bond acceptors (Lipinski definition) is 3. The average molecular weight is 427 g/mol. The van der Waals surface area contributed by atoms with E-state index in [1.165, 1.54) is 37.3 Å². The summed E-state index contributed by atoms with van der Waals surface area (Å²) in [6, 6.07) is 5.60. The van der Waals surface area contributed by atoms with E-state index in [1.807, 2.05) is 33.0 Å². The average Bonchev–Trinajstić information content (AvgIpc) is 3.48. The Kier molecular flexibility index (Phi) is 5.13. The highest BCUT2D eigenvalue weighted by Gasteiger charge is 2.53. The highest BCUT2D eigenvalue weighted by atomic mass is 19.1. The molecular formula is C25H35FN4O. The molecule has 1 aromatic carbocycles. The van der Waals surface area contributed by atoms with Gasteiger partial charge in [-0.25, -0.2) is 4.39 Å². The third-order valence-electron chi connectivity index (χ3n) is 8.02. The molecule has 1 saturated carbocycles. The van der Waals surface area contributed by atoms with Gasteiger partial charge in [0.2, 0.25) is 5.91 Å². The van der Waals surface area contributed by atoms with Crippen molar-refractivity contribution < 1.29 is 9.18 Å². The molecule has 2 saturated heterocycles. The monoisotopic (exact) mass is 426 g/mol. The molecule has 3 N–H and O–H groups in total. The second-order valence-electron chi connectivity index (χ2n) is 10.9. The van der Waals surface area contributed by atoms with Crippen LogP contribution in [0.5, 0.6) is 0 Å². The molecule has 3 heterocycles. The van der Waals surface area contributed by atoms with E-state index in [1.54, 1.807) is 6.07 Å². The van der Waals surface area contributed by atoms with E-state index >= 15 is 0 Å². The van der Waals surface area contributed by atoms with Crippen molar-refractivity contribution in [2.75, 3.05) is 13.1 Å². The smallest absolute Gasteiger partial charge is 0.240 e. The molecule has 1 aliphatic carbocycles. The van der Waals surface area contributed by atoms with E-state index in [0.717, 1.165) is 30.4 Å². The van der Waals surface area contributed by atoms with Crippen molar-refractivity contribution in [1.82, 2.24) is 14.8 Å². The normalized spacial score (nSPS) is 28.5. The van der Waals surface area contributed by atoms with Crippen molar-refractivity contribution in [3.63, 3.8) is 0 Å². The van der Waals surface area contributed by atoms with Crippen LogP contribution in [-0.2, 0) is 4.79 Å². The summed E-state index contributed by atoms with van der Waals surface area (Å²) in [5.74, 6) is 0.0548. The molecule has 3 fully saturated rings. The number of aromatic nitrogens is 1. The van der Waals surface area contributed by atoms with E-state index in [-0.39, 0.29) is 29.1 Å². The number of carbonyl (C=O) groups excluding carboxylic acids is 1. The first-order valence-corrected chi connectivity index (χ1v) is 11.8. The minimum atomic E-state index is -0.510. The number of nitrogens with zero attached hydrogens (tertiary/aromatic N) is 2. The molecule has 31 heavy (non-hydrogen) atoms. The van der Waals surface area contributed by atoms with Gasteiger partial charge in [0.05, 0.1) is 12.1 Å². The zero-order valence-electron chi connectivity index (χ0n) is 18.9. The number of rotatable bonds is 3. The molecular weight excluding hydrogens is 391 g/mol. The summed E-state index contributed by atoms with van der Waals surface area (Å²) in [6.07, 6.45) is 8.15. The van der Waals surface area contributed by atoms with Gasteiger partial charge >= 0.3 is 0 Å². The molecule has 4 atom stereocenters. The molecule has 1 aromatic heterocycles. The number of aromatic amines is 1. The van der Waals surface area contributed by atoms with E-state index in [4.69, 9.17) is 5.73 Å². The fourth-order valence-corrected chi connectivity index (χ4v) is 6.29. The predicted molar refractivity (Wildman–Crippen MR) is 121 cm³/mol. The Morgan fingerprint density at radius 3 is 2.68 bits per heavy atom. The summed E-state index contributed by atoms with van der Waals surface area (Å²) in [4.78, 5) is 21.6. The molecule has 0 unspecified atom stereocenters. The fraction of sp³-hybridized carbons (Fsp3) is 0.640. The van der Waals surface area contributed by atoms with Crippen LogP contribution >= 0.6 is 0 Å². The number of hydrogen-bond donors (Lipinski definition) is 2. The van der Waals surface area contributed by atoms with Crippen LogP contribution in [0, 0.1) is 11.2 Å². The molecule has 0 radical (unpaired) electrons. The highest BCUT2D eigenvalue weighted by molar-refractivity contribution is 5.85. The SMILES string of the molecule is CC(C)(C)[C@H](N)C(=O)N1CC[C@@H]2[C@H]1[C@H](c1c[nH]c3cc(F)ccc13)CN2C1CCCC1. The van der Waals surface area contributed by atoms with Crippen LogP contribution in [0.15, 0.2) is 24.4 Å². The summed E-state index contributed by atoms with van der Waals surface area (Å²) in [7, 11) is 0. The van der Waals surface area contributed by atoms with E-state index < -0.39 is 6.04 Å². The topological polar surface area (TPSA) is 65.4 Å². The molecule has 2 aromatic rings. The zero-order valence-corrected chi connectivity index (χ0v) is 18.9. The zero-order chi connectivity index (χ0) is 21.9. The van der Waals surface area contributed by atoms with Crippen molar-refractivity contribution in [3.8, 4) is 0 Å². The number of likely N-dealkylation sites (tertiary alicyclic amines) is 2. The van der Waals surface area contributed by atoms with Gasteiger partial charge in [-0.3, -0.25) is 9.69 Å². The Morgan fingerprint density at radius 1 is 1.23 bits per heavy atom. The van der Waals surface area contributed by atoms with Gasteiger partial charge in [0.15, 0.2) is 0 Å². The number of nitrogens with two attached hydrogens (primary N) is 1. The maximum absolute atomic E-state index is 13.8. The lowest BCUT2D eigenvalue weighted by Gasteiger charge is -2.35. The number of benzene rings is 1. The number of fused-ring (bicyclic) bond motifs is 2. The van der Waals surface area contributed by atoms with Gasteiger partial charge in [0.1, 0.15) is 5.82 Å². The summed E-state index contributed by atoms with van der Waals surface area (Å²) in [5.41, 5.74) is 8.19. The van der Waals surface area contributed by atoms with E-state index in [2.05, 4.69) is 14.8 Å². The molecule has 5 rings (SSSR count). The van der Waals surface area contributed by atoms with Crippen molar-refractivity contribution in [1.29, 1.82) is 0 Å². The molecule has 0 spiro atoms. The Labute approximate surface area is 184 Å². The largest absolute Gasteiger partial charge is 0.361 e. The van der Waals surface area contributed by atoms with Crippen LogP contribution in [0.1, 0.15) is 64.4 Å². The molecule has 6 heteroatoms.